The Bertz CT molecular complexity index is 512. The Balaban J connectivity index is 2.52. The highest BCUT2D eigenvalue weighted by molar-refractivity contribution is 9.11. The van der Waals surface area contributed by atoms with Gasteiger partial charge in [0.1, 0.15) is 0 Å². The van der Waals surface area contributed by atoms with E-state index in [1.54, 1.807) is 0 Å². The molecule has 0 fully saturated rings. The molecule has 2 amide bonds. The molecule has 0 bridgehead atoms. The number of carboxylic acid groups (broad SMARTS) is 1. The van der Waals surface area contributed by atoms with Crippen LogP contribution < -0.4 is 10.6 Å². The number of halogens is 2. The predicted octanol–water partition coefficient (Wildman–Crippen LogP) is 4.28. The first-order valence-electron chi connectivity index (χ1n) is 6.54. The first-order chi connectivity index (χ1) is 9.79. The quantitative estimate of drug-likeness (QED) is 0.641. The highest BCUT2D eigenvalue weighted by Gasteiger charge is 2.12. The lowest BCUT2D eigenvalue weighted by Gasteiger charge is -2.16. The monoisotopic (exact) mass is 420 g/mol. The van der Waals surface area contributed by atoms with Gasteiger partial charge in [0, 0.05) is 21.4 Å². The Kier molecular flexibility index (Phi) is 7.17. The number of anilines is 1. The van der Waals surface area contributed by atoms with Gasteiger partial charge in [-0.1, -0.05) is 0 Å². The van der Waals surface area contributed by atoms with Gasteiger partial charge in [-0.25, -0.2) is 4.79 Å². The lowest BCUT2D eigenvalue weighted by molar-refractivity contribution is -0.137. The van der Waals surface area contributed by atoms with Crippen molar-refractivity contribution in [3.8, 4) is 0 Å². The third-order valence-electron chi connectivity index (χ3n) is 2.83. The van der Waals surface area contributed by atoms with Crippen LogP contribution in [0, 0.1) is 6.92 Å². The van der Waals surface area contributed by atoms with Crippen molar-refractivity contribution in [1.29, 1.82) is 0 Å². The fraction of sp³-hybridized carbons (Fsp3) is 0.429. The summed E-state index contributed by atoms with van der Waals surface area (Å²) in [7, 11) is 0. The molecule has 0 saturated heterocycles. The van der Waals surface area contributed by atoms with E-state index in [4.69, 9.17) is 5.11 Å². The van der Waals surface area contributed by atoms with Gasteiger partial charge >= 0.3 is 12.0 Å². The van der Waals surface area contributed by atoms with E-state index in [-0.39, 0.29) is 18.5 Å². The lowest BCUT2D eigenvalue weighted by Crippen LogP contribution is -2.36. The molecule has 1 aromatic rings. The molecule has 1 atom stereocenters. The zero-order valence-electron chi connectivity index (χ0n) is 11.9. The summed E-state index contributed by atoms with van der Waals surface area (Å²) in [5, 5.41) is 14.1. The van der Waals surface area contributed by atoms with Gasteiger partial charge in [-0.2, -0.15) is 0 Å². The van der Waals surface area contributed by atoms with Crippen LogP contribution in [-0.2, 0) is 4.79 Å². The minimum Gasteiger partial charge on any atom is -0.481 e. The number of amides is 2. The Morgan fingerprint density at radius 3 is 2.38 bits per heavy atom. The van der Waals surface area contributed by atoms with Crippen LogP contribution in [0.3, 0.4) is 0 Å². The lowest BCUT2D eigenvalue weighted by atomic mass is 10.1. The summed E-state index contributed by atoms with van der Waals surface area (Å²) < 4.78 is 1.59. The highest BCUT2D eigenvalue weighted by Crippen LogP contribution is 2.32. The van der Waals surface area contributed by atoms with E-state index in [2.05, 4.69) is 42.5 Å². The summed E-state index contributed by atoms with van der Waals surface area (Å²) in [5.41, 5.74) is 1.73. The van der Waals surface area contributed by atoms with Gasteiger partial charge in [-0.3, -0.25) is 4.79 Å². The molecular weight excluding hydrogens is 404 g/mol. The van der Waals surface area contributed by atoms with Crippen molar-refractivity contribution >= 4 is 49.5 Å². The van der Waals surface area contributed by atoms with Crippen LogP contribution in [0.15, 0.2) is 21.1 Å². The molecule has 3 N–H and O–H groups in total. The van der Waals surface area contributed by atoms with E-state index in [1.807, 2.05) is 26.0 Å². The third kappa shape index (κ3) is 6.48. The zero-order chi connectivity index (χ0) is 16.0. The number of aryl methyl sites for hydroxylation is 1. The topological polar surface area (TPSA) is 78.4 Å². The Labute approximate surface area is 140 Å². The summed E-state index contributed by atoms with van der Waals surface area (Å²) in [6, 6.07) is 3.42. The summed E-state index contributed by atoms with van der Waals surface area (Å²) >= 11 is 6.83. The second-order valence-corrected chi connectivity index (χ2v) is 6.60. The van der Waals surface area contributed by atoms with E-state index in [1.165, 1.54) is 0 Å². The SMILES string of the molecule is Cc1cc(Br)c(NC(=O)NC(C)CCCC(=O)O)c(Br)c1. The molecule has 21 heavy (non-hydrogen) atoms. The van der Waals surface area contributed by atoms with Crippen molar-refractivity contribution in [3.63, 3.8) is 0 Å². The number of benzene rings is 1. The van der Waals surface area contributed by atoms with E-state index < -0.39 is 5.97 Å². The molecule has 1 aromatic carbocycles. The van der Waals surface area contributed by atoms with Gasteiger partial charge in [0.2, 0.25) is 0 Å². The summed E-state index contributed by atoms with van der Waals surface area (Å²) in [5.74, 6) is -0.820. The molecule has 7 heteroatoms. The Hall–Kier alpha value is -1.08. The minimum absolute atomic E-state index is 0.0904. The van der Waals surface area contributed by atoms with Crippen LogP contribution in [0.4, 0.5) is 10.5 Å². The molecule has 0 aliphatic heterocycles. The number of carbonyl (C=O) groups excluding carboxylic acids is 1. The summed E-state index contributed by atoms with van der Waals surface area (Å²) in [4.78, 5) is 22.4. The second-order valence-electron chi connectivity index (χ2n) is 4.89. The van der Waals surface area contributed by atoms with Crippen LogP contribution in [-0.4, -0.2) is 23.1 Å². The average Bonchev–Trinajstić information content (AvgIpc) is 2.33. The van der Waals surface area contributed by atoms with Crippen molar-refractivity contribution in [2.24, 2.45) is 0 Å². The standard InChI is InChI=1S/C14H18Br2N2O3/c1-8-6-10(15)13(11(16)7-8)18-14(21)17-9(2)4-3-5-12(19)20/h6-7,9H,3-5H2,1-2H3,(H,19,20)(H2,17,18,21). The molecule has 0 aliphatic rings. The third-order valence-corrected chi connectivity index (χ3v) is 4.08. The largest absolute Gasteiger partial charge is 0.481 e. The number of hydrogen-bond acceptors (Lipinski definition) is 2. The van der Waals surface area contributed by atoms with Crippen LogP contribution >= 0.6 is 31.9 Å². The molecule has 116 valence electrons. The van der Waals surface area contributed by atoms with Crippen molar-refractivity contribution in [2.45, 2.75) is 39.2 Å². The van der Waals surface area contributed by atoms with Crippen molar-refractivity contribution in [3.05, 3.63) is 26.6 Å². The molecule has 5 nitrogen and oxygen atoms in total. The molecule has 1 rings (SSSR count). The van der Waals surface area contributed by atoms with E-state index >= 15 is 0 Å². The zero-order valence-corrected chi connectivity index (χ0v) is 15.0. The van der Waals surface area contributed by atoms with E-state index in [9.17, 15) is 9.59 Å². The number of hydrogen-bond donors (Lipinski definition) is 3. The van der Waals surface area contributed by atoms with Crippen LogP contribution in [0.2, 0.25) is 0 Å². The van der Waals surface area contributed by atoms with Gasteiger partial charge in [0.25, 0.3) is 0 Å². The molecule has 1 unspecified atom stereocenters. The maximum absolute atomic E-state index is 11.9. The predicted molar refractivity (Wildman–Crippen MR) is 89.7 cm³/mol. The molecule has 0 radical (unpaired) electrons. The van der Waals surface area contributed by atoms with Gasteiger partial charge in [0.15, 0.2) is 0 Å². The fourth-order valence-electron chi connectivity index (χ4n) is 1.82. The number of urea groups is 1. The fourth-order valence-corrected chi connectivity index (χ4v) is 3.44. The summed E-state index contributed by atoms with van der Waals surface area (Å²) in [6.07, 6.45) is 1.27. The van der Waals surface area contributed by atoms with Crippen LogP contribution in [0.25, 0.3) is 0 Å². The molecule has 0 saturated carbocycles. The van der Waals surface area contributed by atoms with Crippen molar-refractivity contribution in [2.75, 3.05) is 5.32 Å². The molecular formula is C14H18Br2N2O3. The average molecular weight is 422 g/mol. The minimum atomic E-state index is -0.820. The number of aliphatic carboxylic acids is 1. The number of nitrogens with one attached hydrogen (secondary N) is 2. The normalized spacial score (nSPS) is 11.8. The maximum atomic E-state index is 11.9. The molecule has 0 heterocycles. The second kappa shape index (κ2) is 8.38. The highest BCUT2D eigenvalue weighted by atomic mass is 79.9. The van der Waals surface area contributed by atoms with E-state index in [0.717, 1.165) is 14.5 Å². The van der Waals surface area contributed by atoms with E-state index in [0.29, 0.717) is 18.5 Å². The van der Waals surface area contributed by atoms with Gasteiger partial charge in [-0.05, 0) is 76.2 Å². The van der Waals surface area contributed by atoms with Crippen molar-refractivity contribution in [1.82, 2.24) is 5.32 Å². The molecule has 0 spiro atoms. The van der Waals surface area contributed by atoms with Gasteiger partial charge < -0.3 is 15.7 Å². The maximum Gasteiger partial charge on any atom is 0.319 e. The van der Waals surface area contributed by atoms with Crippen LogP contribution in [0.5, 0.6) is 0 Å². The smallest absolute Gasteiger partial charge is 0.319 e. The summed E-state index contributed by atoms with van der Waals surface area (Å²) in [6.45, 7) is 3.81. The molecule has 0 aliphatic carbocycles. The Morgan fingerprint density at radius 2 is 1.86 bits per heavy atom. The van der Waals surface area contributed by atoms with Gasteiger partial charge in [0.05, 0.1) is 5.69 Å². The first kappa shape index (κ1) is 18.0. The number of carbonyl (C=O) groups is 2. The van der Waals surface area contributed by atoms with Crippen LogP contribution in [0.1, 0.15) is 31.7 Å². The number of rotatable bonds is 6. The van der Waals surface area contributed by atoms with Crippen molar-refractivity contribution < 1.29 is 14.7 Å². The molecule has 0 aromatic heterocycles. The number of carboxylic acids is 1. The Morgan fingerprint density at radius 1 is 1.29 bits per heavy atom. The van der Waals surface area contributed by atoms with Gasteiger partial charge in [-0.15, -0.1) is 0 Å². The first-order valence-corrected chi connectivity index (χ1v) is 8.13.